The lowest BCUT2D eigenvalue weighted by atomic mass is 10.2. The Labute approximate surface area is 160 Å². The summed E-state index contributed by atoms with van der Waals surface area (Å²) in [5.74, 6) is 2.32. The number of aromatic nitrogens is 3. The van der Waals surface area contributed by atoms with E-state index in [1.54, 1.807) is 0 Å². The zero-order valence-corrected chi connectivity index (χ0v) is 16.3. The number of rotatable bonds is 7. The van der Waals surface area contributed by atoms with Crippen LogP contribution in [-0.4, -0.2) is 42.6 Å². The molecule has 3 rings (SSSR count). The predicted octanol–water partition coefficient (Wildman–Crippen LogP) is 3.67. The summed E-state index contributed by atoms with van der Waals surface area (Å²) in [5.41, 5.74) is 3.30. The third kappa shape index (κ3) is 5.17. The Kier molecular flexibility index (Phi) is 5.86. The lowest BCUT2D eigenvalue weighted by Crippen LogP contribution is -2.24. The first-order valence-corrected chi connectivity index (χ1v) is 9.02. The number of likely N-dealkylation sites (N-methyl/N-ethyl adjacent to an activating group) is 1. The Morgan fingerprint density at radius 3 is 2.41 bits per heavy atom. The number of benzene rings is 1. The molecule has 0 saturated heterocycles. The molecule has 2 heterocycles. The number of hydrogen-bond donors (Lipinski definition) is 1. The molecule has 0 bridgehead atoms. The van der Waals surface area contributed by atoms with Gasteiger partial charge in [0.05, 0.1) is 0 Å². The van der Waals surface area contributed by atoms with Crippen molar-refractivity contribution in [2.24, 2.45) is 0 Å². The molecule has 0 amide bonds. The van der Waals surface area contributed by atoms with E-state index in [-0.39, 0.29) is 0 Å². The van der Waals surface area contributed by atoms with E-state index < -0.39 is 0 Å². The zero-order chi connectivity index (χ0) is 19.2. The molecule has 6 nitrogen and oxygen atoms in total. The van der Waals surface area contributed by atoms with Gasteiger partial charge in [0.25, 0.3) is 0 Å². The van der Waals surface area contributed by atoms with Gasteiger partial charge in [0.15, 0.2) is 0 Å². The molecule has 0 radical (unpaired) electrons. The average molecular weight is 362 g/mol. The standard InChI is InChI=1S/C21H26N6/c1-16-8-10-18(11-9-16)23-19-15-20(26(2)3)25-21(24-19)27(4)14-12-17-7-5-6-13-22-17/h5-11,13,15H,12,14H2,1-4H3,(H,23,24,25). The summed E-state index contributed by atoms with van der Waals surface area (Å²) in [7, 11) is 5.97. The number of aryl methyl sites for hydroxylation is 1. The van der Waals surface area contributed by atoms with E-state index in [1.807, 2.05) is 56.5 Å². The normalized spacial score (nSPS) is 10.5. The van der Waals surface area contributed by atoms with Gasteiger partial charge in [-0.1, -0.05) is 23.8 Å². The zero-order valence-electron chi connectivity index (χ0n) is 16.3. The van der Waals surface area contributed by atoms with Crippen molar-refractivity contribution in [3.63, 3.8) is 0 Å². The first-order valence-electron chi connectivity index (χ1n) is 9.02. The van der Waals surface area contributed by atoms with Crippen molar-refractivity contribution in [3.05, 3.63) is 66.0 Å². The summed E-state index contributed by atoms with van der Waals surface area (Å²) in [6.45, 7) is 2.87. The van der Waals surface area contributed by atoms with Crippen LogP contribution in [0.15, 0.2) is 54.7 Å². The van der Waals surface area contributed by atoms with Crippen LogP contribution in [0.2, 0.25) is 0 Å². The first kappa shape index (κ1) is 18.6. The lowest BCUT2D eigenvalue weighted by molar-refractivity contribution is 0.819. The third-order valence-corrected chi connectivity index (χ3v) is 4.25. The summed E-state index contributed by atoms with van der Waals surface area (Å²) in [6.07, 6.45) is 2.66. The summed E-state index contributed by atoms with van der Waals surface area (Å²) in [4.78, 5) is 17.8. The molecule has 140 valence electrons. The van der Waals surface area contributed by atoms with Crippen molar-refractivity contribution >= 4 is 23.3 Å². The molecule has 2 aromatic heterocycles. The van der Waals surface area contributed by atoms with Gasteiger partial charge in [-0.3, -0.25) is 4.98 Å². The lowest BCUT2D eigenvalue weighted by Gasteiger charge is -2.21. The highest BCUT2D eigenvalue weighted by atomic mass is 15.3. The Morgan fingerprint density at radius 1 is 0.963 bits per heavy atom. The maximum Gasteiger partial charge on any atom is 0.229 e. The van der Waals surface area contributed by atoms with Crippen LogP contribution in [0.5, 0.6) is 0 Å². The largest absolute Gasteiger partial charge is 0.363 e. The van der Waals surface area contributed by atoms with Gasteiger partial charge >= 0.3 is 0 Å². The molecule has 1 aromatic carbocycles. The second-order valence-corrected chi connectivity index (χ2v) is 6.79. The van der Waals surface area contributed by atoms with E-state index in [0.717, 1.165) is 36.0 Å². The predicted molar refractivity (Wildman–Crippen MR) is 112 cm³/mol. The molecule has 0 spiro atoms. The van der Waals surface area contributed by atoms with Crippen LogP contribution >= 0.6 is 0 Å². The molecule has 0 atom stereocenters. The van der Waals surface area contributed by atoms with Gasteiger partial charge in [-0.15, -0.1) is 0 Å². The van der Waals surface area contributed by atoms with E-state index in [1.165, 1.54) is 5.56 Å². The molecular formula is C21H26N6. The number of hydrogen-bond acceptors (Lipinski definition) is 6. The minimum absolute atomic E-state index is 0.687. The van der Waals surface area contributed by atoms with Gasteiger partial charge in [-0.2, -0.15) is 9.97 Å². The highest BCUT2D eigenvalue weighted by molar-refractivity contribution is 5.61. The van der Waals surface area contributed by atoms with Crippen LogP contribution in [-0.2, 0) is 6.42 Å². The number of nitrogens with one attached hydrogen (secondary N) is 1. The van der Waals surface area contributed by atoms with E-state index in [2.05, 4.69) is 51.4 Å². The fraction of sp³-hybridized carbons (Fsp3) is 0.286. The Morgan fingerprint density at radius 2 is 1.74 bits per heavy atom. The second-order valence-electron chi connectivity index (χ2n) is 6.79. The molecular weight excluding hydrogens is 336 g/mol. The second kappa shape index (κ2) is 8.49. The topological polar surface area (TPSA) is 57.2 Å². The molecule has 0 fully saturated rings. The average Bonchev–Trinajstić information content (AvgIpc) is 2.68. The van der Waals surface area contributed by atoms with Gasteiger partial charge in [0, 0.05) is 57.8 Å². The summed E-state index contributed by atoms with van der Waals surface area (Å²) >= 11 is 0. The monoisotopic (exact) mass is 362 g/mol. The molecule has 0 aliphatic rings. The van der Waals surface area contributed by atoms with Crippen molar-refractivity contribution in [1.29, 1.82) is 0 Å². The molecule has 0 aliphatic heterocycles. The molecule has 0 aliphatic carbocycles. The van der Waals surface area contributed by atoms with Crippen LogP contribution in [0, 0.1) is 6.92 Å². The van der Waals surface area contributed by atoms with E-state index in [0.29, 0.717) is 5.95 Å². The maximum atomic E-state index is 4.70. The van der Waals surface area contributed by atoms with E-state index in [9.17, 15) is 0 Å². The third-order valence-electron chi connectivity index (χ3n) is 4.25. The van der Waals surface area contributed by atoms with Crippen molar-refractivity contribution in [3.8, 4) is 0 Å². The minimum atomic E-state index is 0.687. The van der Waals surface area contributed by atoms with Crippen molar-refractivity contribution < 1.29 is 0 Å². The van der Waals surface area contributed by atoms with Gasteiger partial charge in [-0.05, 0) is 31.2 Å². The SMILES string of the molecule is Cc1ccc(Nc2cc(N(C)C)nc(N(C)CCc3ccccn3)n2)cc1. The highest BCUT2D eigenvalue weighted by Crippen LogP contribution is 2.22. The maximum absolute atomic E-state index is 4.70. The number of anilines is 4. The molecule has 0 saturated carbocycles. The van der Waals surface area contributed by atoms with Gasteiger partial charge in [0.1, 0.15) is 11.6 Å². The van der Waals surface area contributed by atoms with Crippen molar-refractivity contribution in [2.45, 2.75) is 13.3 Å². The Bertz CT molecular complexity index is 862. The molecule has 1 N–H and O–H groups in total. The fourth-order valence-corrected chi connectivity index (χ4v) is 2.60. The minimum Gasteiger partial charge on any atom is -0.363 e. The van der Waals surface area contributed by atoms with E-state index >= 15 is 0 Å². The van der Waals surface area contributed by atoms with Crippen molar-refractivity contribution in [2.75, 3.05) is 42.8 Å². The number of nitrogens with zero attached hydrogens (tertiary/aromatic N) is 5. The van der Waals surface area contributed by atoms with Crippen LogP contribution in [0.4, 0.5) is 23.3 Å². The van der Waals surface area contributed by atoms with Gasteiger partial charge in [-0.25, -0.2) is 0 Å². The molecule has 0 unspecified atom stereocenters. The van der Waals surface area contributed by atoms with Gasteiger partial charge < -0.3 is 15.1 Å². The van der Waals surface area contributed by atoms with Crippen LogP contribution < -0.4 is 15.1 Å². The number of pyridine rings is 1. The Balaban J connectivity index is 1.78. The van der Waals surface area contributed by atoms with Crippen LogP contribution in [0.3, 0.4) is 0 Å². The summed E-state index contributed by atoms with van der Waals surface area (Å²) in [6, 6.07) is 16.2. The van der Waals surface area contributed by atoms with Crippen molar-refractivity contribution in [1.82, 2.24) is 15.0 Å². The van der Waals surface area contributed by atoms with Gasteiger partial charge in [0.2, 0.25) is 5.95 Å². The van der Waals surface area contributed by atoms with E-state index in [4.69, 9.17) is 4.98 Å². The first-order chi connectivity index (χ1) is 13.0. The quantitative estimate of drug-likeness (QED) is 0.692. The Hall–Kier alpha value is -3.15. The summed E-state index contributed by atoms with van der Waals surface area (Å²) in [5, 5.41) is 3.38. The van der Waals surface area contributed by atoms with Crippen LogP contribution in [0.1, 0.15) is 11.3 Å². The van der Waals surface area contributed by atoms with Crippen LogP contribution in [0.25, 0.3) is 0 Å². The molecule has 6 heteroatoms. The highest BCUT2D eigenvalue weighted by Gasteiger charge is 2.11. The molecule has 3 aromatic rings. The summed E-state index contributed by atoms with van der Waals surface area (Å²) < 4.78 is 0. The smallest absolute Gasteiger partial charge is 0.229 e. The molecule has 27 heavy (non-hydrogen) atoms. The fourth-order valence-electron chi connectivity index (χ4n) is 2.60.